The Morgan fingerprint density at radius 1 is 1.00 bits per heavy atom. The van der Waals surface area contributed by atoms with Gasteiger partial charge in [-0.15, -0.1) is 0 Å². The highest BCUT2D eigenvalue weighted by molar-refractivity contribution is 8.25. The van der Waals surface area contributed by atoms with Gasteiger partial charge in [0.05, 0.1) is 29.6 Å². The fourth-order valence-electron chi connectivity index (χ4n) is 5.56. The smallest absolute Gasteiger partial charge is 0.155 e. The quantitative estimate of drug-likeness (QED) is 0.125. The first-order valence-corrected chi connectivity index (χ1v) is 17.3. The number of nitrogens with one attached hydrogen (secondary N) is 4. The van der Waals surface area contributed by atoms with E-state index in [1.807, 2.05) is 67.2 Å². The highest BCUT2D eigenvalue weighted by Gasteiger charge is 2.17. The van der Waals surface area contributed by atoms with Crippen molar-refractivity contribution in [1.29, 1.82) is 0 Å². The molecule has 6 aromatic rings. The van der Waals surface area contributed by atoms with Crippen molar-refractivity contribution in [3.63, 3.8) is 0 Å². The molecule has 1 aliphatic heterocycles. The lowest BCUT2D eigenvalue weighted by Crippen LogP contribution is -2.12. The molecule has 0 radical (unpaired) electrons. The van der Waals surface area contributed by atoms with Crippen molar-refractivity contribution in [1.82, 2.24) is 35.2 Å². The molecular formula is C37H33FN8S. The standard InChI is InChI=1S/C37H33FN8S/c1-23(25-8-6-5-7-9-25)43-30-15-26(10-11-39-20-30)28-16-32-36(45-46-37(32)41-19-28)34-17-31-33(21-40-22-35(31)44-34)27-12-24(13-29(38)14-27)18-42-47(2,3)4/h5-10,12-17,19-22,42-44H,1-3,11,18H2,4H3,(H,41,45,46). The van der Waals surface area contributed by atoms with Gasteiger partial charge in [0, 0.05) is 52.7 Å². The summed E-state index contributed by atoms with van der Waals surface area (Å²) in [5.74, 6) is 7.81. The maximum absolute atomic E-state index is 14.8. The van der Waals surface area contributed by atoms with Gasteiger partial charge in [-0.3, -0.25) is 19.8 Å². The zero-order chi connectivity index (χ0) is 32.5. The zero-order valence-electron chi connectivity index (χ0n) is 25.8. The van der Waals surface area contributed by atoms with Crippen LogP contribution in [0.1, 0.15) is 16.7 Å². The maximum atomic E-state index is 14.8. The van der Waals surface area contributed by atoms with Crippen molar-refractivity contribution in [3.8, 4) is 22.5 Å². The number of pyridine rings is 2. The predicted molar refractivity (Wildman–Crippen MR) is 197 cm³/mol. The summed E-state index contributed by atoms with van der Waals surface area (Å²) in [6.45, 7) is 5.21. The second-order valence-corrected chi connectivity index (χ2v) is 14.5. The molecule has 7 rings (SSSR count). The van der Waals surface area contributed by atoms with Gasteiger partial charge in [0.15, 0.2) is 5.65 Å². The lowest BCUT2D eigenvalue weighted by molar-refractivity contribution is 0.625. The molecule has 0 saturated heterocycles. The van der Waals surface area contributed by atoms with E-state index < -0.39 is 9.39 Å². The predicted octanol–water partition coefficient (Wildman–Crippen LogP) is 7.22. The highest BCUT2D eigenvalue weighted by atomic mass is 32.2. The maximum Gasteiger partial charge on any atom is 0.155 e. The number of hydrogen-bond donors (Lipinski definition) is 4. The summed E-state index contributed by atoms with van der Waals surface area (Å²) in [4.78, 5) is 17.1. The molecule has 8 nitrogen and oxygen atoms in total. The Morgan fingerprint density at radius 2 is 1.85 bits per heavy atom. The normalized spacial score (nSPS) is 13.4. The SMILES string of the molecule is C=C(NC1=CC(c2cnc3[nH]nc(-c4cc5c(-c6cc(F)cc(CNS(=C)(=C)C)c6)cncc5[nH]4)c3c2)=CCN=C1)c1ccccc1. The van der Waals surface area contributed by atoms with Crippen molar-refractivity contribution in [2.45, 2.75) is 6.54 Å². The number of benzene rings is 2. The van der Waals surface area contributed by atoms with Crippen molar-refractivity contribution >= 4 is 60.6 Å². The van der Waals surface area contributed by atoms with E-state index in [1.165, 1.54) is 12.1 Å². The highest BCUT2D eigenvalue weighted by Crippen LogP contribution is 2.35. The molecule has 2 aromatic carbocycles. The third kappa shape index (κ3) is 6.55. The number of fused-ring (bicyclic) bond motifs is 2. The van der Waals surface area contributed by atoms with Crippen LogP contribution in [0.2, 0.25) is 0 Å². The van der Waals surface area contributed by atoms with Crippen molar-refractivity contribution in [2.75, 3.05) is 12.8 Å². The van der Waals surface area contributed by atoms with Gasteiger partial charge in [-0.2, -0.15) is 14.5 Å². The van der Waals surface area contributed by atoms with E-state index in [9.17, 15) is 4.39 Å². The fraction of sp³-hybridized carbons (Fsp3) is 0.0811. The van der Waals surface area contributed by atoms with Gasteiger partial charge in [0.2, 0.25) is 0 Å². The van der Waals surface area contributed by atoms with Gasteiger partial charge in [-0.05, 0) is 64.9 Å². The Labute approximate surface area is 272 Å². The number of H-pyrrole nitrogens is 2. The minimum atomic E-state index is -1.44. The van der Waals surface area contributed by atoms with Crippen LogP contribution in [0.4, 0.5) is 4.39 Å². The van der Waals surface area contributed by atoms with E-state index in [2.05, 4.69) is 65.7 Å². The van der Waals surface area contributed by atoms with Crippen LogP contribution in [0.25, 0.3) is 55.7 Å². The second-order valence-electron chi connectivity index (χ2n) is 11.7. The average Bonchev–Trinajstić information content (AvgIpc) is 3.61. The van der Waals surface area contributed by atoms with Gasteiger partial charge < -0.3 is 10.3 Å². The van der Waals surface area contributed by atoms with E-state index in [1.54, 1.807) is 12.4 Å². The molecule has 0 saturated carbocycles. The molecule has 10 heteroatoms. The largest absolute Gasteiger partial charge is 0.354 e. The summed E-state index contributed by atoms with van der Waals surface area (Å²) in [6, 6.07) is 19.1. The van der Waals surface area contributed by atoms with Crippen molar-refractivity contribution < 1.29 is 4.39 Å². The van der Waals surface area contributed by atoms with Crippen LogP contribution in [-0.2, 0) is 6.54 Å². The molecule has 4 N–H and O–H groups in total. The van der Waals surface area contributed by atoms with Crippen LogP contribution in [0, 0.1) is 5.82 Å². The number of aromatic amines is 2. The number of halogens is 1. The molecule has 47 heavy (non-hydrogen) atoms. The summed E-state index contributed by atoms with van der Waals surface area (Å²) >= 11 is 0. The van der Waals surface area contributed by atoms with E-state index in [-0.39, 0.29) is 5.82 Å². The zero-order valence-corrected chi connectivity index (χ0v) is 26.7. The molecule has 5 heterocycles. The summed E-state index contributed by atoms with van der Waals surface area (Å²) in [7, 11) is -1.44. The van der Waals surface area contributed by atoms with Gasteiger partial charge in [-0.25, -0.2) is 9.37 Å². The van der Waals surface area contributed by atoms with Crippen LogP contribution in [0.15, 0.2) is 109 Å². The number of hydrogen-bond acceptors (Lipinski definition) is 6. The molecule has 0 bridgehead atoms. The molecule has 0 atom stereocenters. The Balaban J connectivity index is 1.22. The van der Waals surface area contributed by atoms with E-state index >= 15 is 0 Å². The summed E-state index contributed by atoms with van der Waals surface area (Å²) < 4.78 is 18.1. The minimum Gasteiger partial charge on any atom is -0.354 e. The van der Waals surface area contributed by atoms with Crippen LogP contribution in [0.3, 0.4) is 0 Å². The van der Waals surface area contributed by atoms with Gasteiger partial charge in [0.1, 0.15) is 11.5 Å². The van der Waals surface area contributed by atoms with Crippen molar-refractivity contribution in [3.05, 3.63) is 126 Å². The topological polar surface area (TPSA) is 107 Å². The Bertz CT molecular complexity index is 2360. The summed E-state index contributed by atoms with van der Waals surface area (Å²) in [5, 5.41) is 12.9. The minimum absolute atomic E-state index is 0.316. The molecule has 0 aliphatic carbocycles. The Kier molecular flexibility index (Phi) is 7.88. The number of aromatic nitrogens is 5. The first kappa shape index (κ1) is 30.1. The number of aliphatic imine (C=N–C) groups is 1. The van der Waals surface area contributed by atoms with Gasteiger partial charge in [-0.1, -0.05) is 54.7 Å². The van der Waals surface area contributed by atoms with Crippen LogP contribution in [0.5, 0.6) is 0 Å². The molecule has 234 valence electrons. The first-order chi connectivity index (χ1) is 22.7. The first-order valence-electron chi connectivity index (χ1n) is 14.9. The summed E-state index contributed by atoms with van der Waals surface area (Å²) in [6.07, 6.45) is 13.2. The van der Waals surface area contributed by atoms with Crippen LogP contribution >= 0.6 is 9.39 Å². The second kappa shape index (κ2) is 12.3. The molecule has 0 amide bonds. The average molecular weight is 641 g/mol. The van der Waals surface area contributed by atoms with E-state index in [0.717, 1.165) is 72.5 Å². The lowest BCUT2D eigenvalue weighted by Gasteiger charge is -2.12. The lowest BCUT2D eigenvalue weighted by atomic mass is 10.0. The molecule has 0 fully saturated rings. The van der Waals surface area contributed by atoms with Gasteiger partial charge >= 0.3 is 0 Å². The Morgan fingerprint density at radius 3 is 2.68 bits per heavy atom. The van der Waals surface area contributed by atoms with Crippen molar-refractivity contribution in [2.24, 2.45) is 4.99 Å². The molecule has 0 spiro atoms. The molecule has 0 unspecified atom stereocenters. The molecular weight excluding hydrogens is 608 g/mol. The van der Waals surface area contributed by atoms with Crippen LogP contribution < -0.4 is 10.0 Å². The monoisotopic (exact) mass is 640 g/mol. The third-order valence-electron chi connectivity index (χ3n) is 7.82. The molecule has 4 aromatic heterocycles. The molecule has 1 aliphatic rings. The van der Waals surface area contributed by atoms with Gasteiger partial charge in [0.25, 0.3) is 0 Å². The number of allylic oxidation sites excluding steroid dienone is 3. The number of rotatable bonds is 9. The third-order valence-corrected chi connectivity index (χ3v) is 8.66. The van der Waals surface area contributed by atoms with E-state index in [4.69, 9.17) is 4.98 Å². The van der Waals surface area contributed by atoms with Crippen LogP contribution in [-0.4, -0.2) is 55.9 Å². The fourth-order valence-corrected chi connectivity index (χ4v) is 6.08. The summed E-state index contributed by atoms with van der Waals surface area (Å²) in [5.41, 5.74) is 9.88. The van der Waals surface area contributed by atoms with E-state index in [0.29, 0.717) is 18.7 Å². The number of nitrogens with zero attached hydrogens (tertiary/aromatic N) is 4. The Hall–Kier alpha value is -5.58.